The van der Waals surface area contributed by atoms with E-state index < -0.39 is 0 Å². The maximum Gasteiger partial charge on any atom is 0.132 e. The van der Waals surface area contributed by atoms with Gasteiger partial charge in [-0.1, -0.05) is 0 Å². The van der Waals surface area contributed by atoms with Crippen molar-refractivity contribution in [3.8, 4) is 0 Å². The average Bonchev–Trinajstić information content (AvgIpc) is 3.24. The lowest BCUT2D eigenvalue weighted by atomic mass is 10.2. The molecule has 2 aromatic rings. The molecule has 0 radical (unpaired) electrons. The first-order chi connectivity index (χ1) is 8.85. The lowest BCUT2D eigenvalue weighted by molar-refractivity contribution is 1.02. The summed E-state index contributed by atoms with van der Waals surface area (Å²) in [6.45, 7) is 0. The van der Waals surface area contributed by atoms with E-state index in [0.717, 1.165) is 11.4 Å². The fourth-order valence-corrected chi connectivity index (χ4v) is 1.84. The summed E-state index contributed by atoms with van der Waals surface area (Å²) in [5, 5.41) is 13.7. The van der Waals surface area contributed by atoms with E-state index >= 15 is 0 Å². The summed E-state index contributed by atoms with van der Waals surface area (Å²) in [4.78, 5) is 8.52. The first kappa shape index (κ1) is 11.0. The van der Waals surface area contributed by atoms with Gasteiger partial charge in [0.2, 0.25) is 0 Å². The van der Waals surface area contributed by atoms with Crippen LogP contribution in [0.15, 0.2) is 36.7 Å². The molecule has 0 atom stereocenters. The fourth-order valence-electron chi connectivity index (χ4n) is 1.84. The summed E-state index contributed by atoms with van der Waals surface area (Å²) >= 11 is 0. The van der Waals surface area contributed by atoms with E-state index in [2.05, 4.69) is 15.3 Å². The quantitative estimate of drug-likeness (QED) is 0.805. The van der Waals surface area contributed by atoms with E-state index in [0.29, 0.717) is 17.4 Å². The molecule has 5 nitrogen and oxygen atoms in total. The molecule has 2 N–H and O–H groups in total. The Bertz CT molecular complexity index is 554. The molecule has 0 aliphatic heterocycles. The van der Waals surface area contributed by atoms with Crippen molar-refractivity contribution in [1.29, 1.82) is 0 Å². The summed E-state index contributed by atoms with van der Waals surface area (Å²) in [6, 6.07) is 7.23. The van der Waals surface area contributed by atoms with Crippen LogP contribution in [0.4, 0.5) is 17.2 Å². The van der Waals surface area contributed by atoms with E-state index in [1.807, 2.05) is 17.6 Å². The van der Waals surface area contributed by atoms with Crippen molar-refractivity contribution in [2.75, 3.05) is 10.8 Å². The fraction of sp³-hybridized carbons (Fsp3) is 0.231. The third kappa shape index (κ3) is 2.41. The zero-order chi connectivity index (χ0) is 12.4. The molecule has 1 aliphatic carbocycles. The van der Waals surface area contributed by atoms with Gasteiger partial charge in [-0.3, -0.25) is 4.98 Å². The highest BCUT2D eigenvalue weighted by Gasteiger charge is 2.24. The molecule has 0 aromatic carbocycles. The number of nitrogens with one attached hydrogen (secondary N) is 2. The normalized spacial score (nSPS) is 14.3. The maximum atomic E-state index is 10.6. The van der Waals surface area contributed by atoms with Gasteiger partial charge in [0.05, 0.1) is 0 Å². The number of anilines is 3. The van der Waals surface area contributed by atoms with Crippen molar-refractivity contribution >= 4 is 17.2 Å². The van der Waals surface area contributed by atoms with Crippen LogP contribution in [0.5, 0.6) is 0 Å². The Morgan fingerprint density at radius 1 is 1.06 bits per heavy atom. The highest BCUT2D eigenvalue weighted by molar-refractivity contribution is 5.61. The van der Waals surface area contributed by atoms with Crippen molar-refractivity contribution < 1.29 is 0 Å². The van der Waals surface area contributed by atoms with Crippen LogP contribution in [0.1, 0.15) is 24.5 Å². The maximum absolute atomic E-state index is 10.6. The highest BCUT2D eigenvalue weighted by Crippen LogP contribution is 2.39. The van der Waals surface area contributed by atoms with Crippen LogP contribution in [0.25, 0.3) is 0 Å². The lowest BCUT2D eigenvalue weighted by Crippen LogP contribution is -1.96. The summed E-state index contributed by atoms with van der Waals surface area (Å²) in [7, 11) is 0. The molecular formula is C13H13N4O-. The van der Waals surface area contributed by atoms with Gasteiger partial charge in [-0.05, 0) is 31.0 Å². The lowest BCUT2D eigenvalue weighted by Gasteiger charge is -2.11. The van der Waals surface area contributed by atoms with Crippen LogP contribution in [-0.2, 0) is 0 Å². The Morgan fingerprint density at radius 2 is 1.83 bits per heavy atom. The molecule has 0 bridgehead atoms. The van der Waals surface area contributed by atoms with Crippen molar-refractivity contribution in [3.63, 3.8) is 0 Å². The molecule has 1 aliphatic rings. The Labute approximate surface area is 105 Å². The molecule has 1 saturated carbocycles. The van der Waals surface area contributed by atoms with Crippen LogP contribution < -0.4 is 10.8 Å². The second-order valence-electron chi connectivity index (χ2n) is 4.40. The smallest absolute Gasteiger partial charge is 0.132 e. The second kappa shape index (κ2) is 4.62. The van der Waals surface area contributed by atoms with E-state index in [1.165, 1.54) is 12.8 Å². The number of hydrogen-bond acceptors (Lipinski definition) is 5. The SMILES string of the molecule is [O-]Nc1ccnc(Nc2ccnc(C3CC3)c2)c1. The molecule has 0 amide bonds. The summed E-state index contributed by atoms with van der Waals surface area (Å²) in [5.74, 6) is 1.26. The molecule has 0 spiro atoms. The van der Waals surface area contributed by atoms with Crippen molar-refractivity contribution in [3.05, 3.63) is 47.6 Å². The number of hydrogen-bond donors (Lipinski definition) is 2. The molecule has 2 aromatic heterocycles. The number of rotatable bonds is 4. The largest absolute Gasteiger partial charge is 0.761 e. The Balaban J connectivity index is 1.80. The van der Waals surface area contributed by atoms with E-state index in [4.69, 9.17) is 0 Å². The Morgan fingerprint density at radius 3 is 2.61 bits per heavy atom. The molecule has 18 heavy (non-hydrogen) atoms. The minimum absolute atomic E-state index is 0.490. The number of pyridine rings is 2. The van der Waals surface area contributed by atoms with Crippen molar-refractivity contribution in [2.24, 2.45) is 0 Å². The number of nitrogens with zero attached hydrogens (tertiary/aromatic N) is 2. The summed E-state index contributed by atoms with van der Waals surface area (Å²) in [5.41, 5.74) is 4.41. The van der Waals surface area contributed by atoms with Gasteiger partial charge in [0.1, 0.15) is 5.82 Å². The minimum atomic E-state index is 0.490. The minimum Gasteiger partial charge on any atom is -0.761 e. The summed E-state index contributed by atoms with van der Waals surface area (Å²) in [6.07, 6.45) is 5.84. The van der Waals surface area contributed by atoms with E-state index in [1.54, 1.807) is 24.5 Å². The molecule has 1 fully saturated rings. The zero-order valence-electron chi connectivity index (χ0n) is 9.76. The first-order valence-electron chi connectivity index (χ1n) is 5.92. The predicted octanol–water partition coefficient (Wildman–Crippen LogP) is 3.01. The average molecular weight is 241 g/mol. The molecular weight excluding hydrogens is 228 g/mol. The van der Waals surface area contributed by atoms with Crippen LogP contribution in [0, 0.1) is 5.21 Å². The topological polar surface area (TPSA) is 72.9 Å². The molecule has 0 unspecified atom stereocenters. The van der Waals surface area contributed by atoms with Gasteiger partial charge in [0.15, 0.2) is 0 Å². The second-order valence-corrected chi connectivity index (χ2v) is 4.40. The van der Waals surface area contributed by atoms with Crippen LogP contribution >= 0.6 is 0 Å². The van der Waals surface area contributed by atoms with E-state index in [-0.39, 0.29) is 0 Å². The van der Waals surface area contributed by atoms with Gasteiger partial charge in [-0.15, -0.1) is 0 Å². The van der Waals surface area contributed by atoms with Gasteiger partial charge in [0.25, 0.3) is 0 Å². The summed E-state index contributed by atoms with van der Waals surface area (Å²) < 4.78 is 0. The zero-order valence-corrected chi connectivity index (χ0v) is 9.76. The third-order valence-corrected chi connectivity index (χ3v) is 2.93. The third-order valence-electron chi connectivity index (χ3n) is 2.93. The van der Waals surface area contributed by atoms with Gasteiger partial charge >= 0.3 is 0 Å². The molecule has 92 valence electrons. The monoisotopic (exact) mass is 241 g/mol. The molecule has 3 rings (SSSR count). The molecule has 2 heterocycles. The van der Waals surface area contributed by atoms with Crippen LogP contribution in [-0.4, -0.2) is 9.97 Å². The van der Waals surface area contributed by atoms with Crippen LogP contribution in [0.2, 0.25) is 0 Å². The number of aromatic nitrogens is 2. The Hall–Kier alpha value is -2.14. The predicted molar refractivity (Wildman–Crippen MR) is 70.7 cm³/mol. The molecule has 5 heteroatoms. The van der Waals surface area contributed by atoms with E-state index in [9.17, 15) is 5.21 Å². The highest BCUT2D eigenvalue weighted by atomic mass is 16.5. The van der Waals surface area contributed by atoms with Gasteiger partial charge in [-0.2, -0.15) is 0 Å². The van der Waals surface area contributed by atoms with Crippen molar-refractivity contribution in [2.45, 2.75) is 18.8 Å². The standard InChI is InChI=1S/C13H13N4O/c18-17-11-4-6-15-13(8-11)16-10-3-5-14-12(7-10)9-1-2-9/h3-9H,1-2H2,(H2-,14,15,16,17,18)/q-1. The first-order valence-corrected chi connectivity index (χ1v) is 5.92. The van der Waals surface area contributed by atoms with Gasteiger partial charge in [-0.25, -0.2) is 4.98 Å². The Kier molecular flexibility index (Phi) is 2.82. The molecule has 0 saturated heterocycles. The van der Waals surface area contributed by atoms with Crippen LogP contribution in [0.3, 0.4) is 0 Å². The van der Waals surface area contributed by atoms with Gasteiger partial charge < -0.3 is 16.0 Å². The van der Waals surface area contributed by atoms with Crippen molar-refractivity contribution in [1.82, 2.24) is 9.97 Å². The van der Waals surface area contributed by atoms with Gasteiger partial charge in [0, 0.05) is 41.4 Å².